The van der Waals surface area contributed by atoms with Crippen molar-refractivity contribution >= 4 is 17.3 Å². The summed E-state index contributed by atoms with van der Waals surface area (Å²) in [4.78, 5) is 14.3. The molecule has 1 aliphatic rings. The number of carbonyl (C=O) groups is 1. The molecule has 8 heteroatoms. The second-order valence-electron chi connectivity index (χ2n) is 9.63. The Hall–Kier alpha value is -2.58. The number of anilines is 2. The lowest BCUT2D eigenvalue weighted by atomic mass is 9.91. The van der Waals surface area contributed by atoms with Gasteiger partial charge in [0.15, 0.2) is 11.6 Å². The van der Waals surface area contributed by atoms with Crippen LogP contribution in [0.3, 0.4) is 0 Å². The number of nitrogens with zero attached hydrogens (tertiary/aromatic N) is 1. The molecule has 1 fully saturated rings. The molecule has 174 valence electrons. The van der Waals surface area contributed by atoms with E-state index < -0.39 is 34.6 Å². The summed E-state index contributed by atoms with van der Waals surface area (Å²) in [7, 11) is 0. The fourth-order valence-electron chi connectivity index (χ4n) is 3.63. The van der Waals surface area contributed by atoms with Gasteiger partial charge >= 0.3 is 0 Å². The number of amides is 1. The van der Waals surface area contributed by atoms with Gasteiger partial charge in [-0.3, -0.25) is 4.79 Å². The monoisotopic (exact) mass is 449 g/mol. The number of likely N-dealkylation sites (tertiary alicyclic amines) is 1. The molecule has 0 atom stereocenters. The predicted molar refractivity (Wildman–Crippen MR) is 119 cm³/mol. The number of benzene rings is 2. The van der Waals surface area contributed by atoms with Gasteiger partial charge in [0.1, 0.15) is 11.4 Å². The third-order valence-electron chi connectivity index (χ3n) is 5.39. The van der Waals surface area contributed by atoms with Crippen molar-refractivity contribution in [2.24, 2.45) is 5.41 Å². The molecule has 3 N–H and O–H groups in total. The summed E-state index contributed by atoms with van der Waals surface area (Å²) < 4.78 is 42.9. The number of β-amino-alcohol motifs (C(OH)–C–C–N with tert-alkyl or cyclic N) is 1. The van der Waals surface area contributed by atoms with Crippen molar-refractivity contribution in [1.82, 2.24) is 10.2 Å². The quantitative estimate of drug-likeness (QED) is 0.592. The van der Waals surface area contributed by atoms with Crippen LogP contribution in [0.25, 0.3) is 0 Å². The Balaban J connectivity index is 1.76. The van der Waals surface area contributed by atoms with Crippen molar-refractivity contribution in [1.29, 1.82) is 0 Å². The van der Waals surface area contributed by atoms with Gasteiger partial charge in [-0.2, -0.15) is 0 Å². The molecule has 0 bridgehead atoms. The zero-order chi connectivity index (χ0) is 23.7. The minimum Gasteiger partial charge on any atom is -0.385 e. The number of aryl methyl sites for hydroxylation is 1. The second-order valence-corrected chi connectivity index (χ2v) is 9.63. The highest BCUT2D eigenvalue weighted by molar-refractivity contribution is 6.01. The Morgan fingerprint density at radius 1 is 1.12 bits per heavy atom. The number of rotatable bonds is 7. The Morgan fingerprint density at radius 3 is 2.41 bits per heavy atom. The summed E-state index contributed by atoms with van der Waals surface area (Å²) in [5.74, 6) is -3.62. The summed E-state index contributed by atoms with van der Waals surface area (Å²) >= 11 is 0. The van der Waals surface area contributed by atoms with E-state index in [1.54, 1.807) is 6.07 Å². The zero-order valence-electron chi connectivity index (χ0n) is 18.9. The van der Waals surface area contributed by atoms with Crippen LogP contribution in [-0.4, -0.2) is 47.7 Å². The summed E-state index contributed by atoms with van der Waals surface area (Å²) in [6.07, 6.45) is 0.623. The molecule has 1 amide bonds. The Kier molecular flexibility index (Phi) is 6.86. The van der Waals surface area contributed by atoms with Crippen molar-refractivity contribution in [3.8, 4) is 0 Å². The summed E-state index contributed by atoms with van der Waals surface area (Å²) in [6, 6.07) is 6.43. The lowest BCUT2D eigenvalue weighted by molar-refractivity contribution is -0.0791. The van der Waals surface area contributed by atoms with Gasteiger partial charge in [0.25, 0.3) is 5.91 Å². The van der Waals surface area contributed by atoms with Gasteiger partial charge < -0.3 is 20.6 Å². The number of carbonyl (C=O) groups excluding carboxylic acids is 1. The first kappa shape index (κ1) is 24.1. The fourth-order valence-corrected chi connectivity index (χ4v) is 3.63. The van der Waals surface area contributed by atoms with Crippen molar-refractivity contribution in [2.75, 3.05) is 31.5 Å². The lowest BCUT2D eigenvalue weighted by Gasteiger charge is -2.47. The summed E-state index contributed by atoms with van der Waals surface area (Å²) in [5, 5.41) is 16.3. The van der Waals surface area contributed by atoms with Crippen molar-refractivity contribution in [3.63, 3.8) is 0 Å². The van der Waals surface area contributed by atoms with Gasteiger partial charge in [-0.15, -0.1) is 0 Å². The number of aliphatic hydroxyl groups is 1. The molecular weight excluding hydrogens is 419 g/mol. The van der Waals surface area contributed by atoms with Crippen molar-refractivity contribution < 1.29 is 23.1 Å². The van der Waals surface area contributed by atoms with Crippen LogP contribution >= 0.6 is 0 Å². The molecule has 5 nitrogen and oxygen atoms in total. The highest BCUT2D eigenvalue weighted by Crippen LogP contribution is 2.31. The Morgan fingerprint density at radius 2 is 1.81 bits per heavy atom. The minimum absolute atomic E-state index is 0.0480. The van der Waals surface area contributed by atoms with Crippen LogP contribution in [-0.2, 0) is 6.42 Å². The first-order chi connectivity index (χ1) is 14.9. The average molecular weight is 450 g/mol. The van der Waals surface area contributed by atoms with E-state index in [4.69, 9.17) is 0 Å². The topological polar surface area (TPSA) is 64.6 Å². The van der Waals surface area contributed by atoms with Crippen LogP contribution in [0.1, 0.15) is 43.6 Å². The zero-order valence-corrected chi connectivity index (χ0v) is 18.9. The van der Waals surface area contributed by atoms with Crippen molar-refractivity contribution in [2.45, 2.75) is 39.7 Å². The molecule has 32 heavy (non-hydrogen) atoms. The number of hydrogen-bond donors (Lipinski definition) is 3. The molecule has 0 aromatic heterocycles. The van der Waals surface area contributed by atoms with E-state index in [0.29, 0.717) is 19.5 Å². The predicted octanol–water partition coefficient (Wildman–Crippen LogP) is 4.23. The second kappa shape index (κ2) is 9.11. The molecule has 1 aliphatic heterocycles. The standard InChI is InChI=1S/C24H30F3N3O2/c1-5-15-6-9-19(18(26)10-15)29-21-16(7-8-17(25)20(21)27)22(31)30-13-24(32,14-30)12-28-11-23(2,3)4/h6-10,28-29,32H,5,11-14H2,1-4H3. The molecule has 1 heterocycles. The van der Waals surface area contributed by atoms with E-state index in [2.05, 4.69) is 31.4 Å². The van der Waals surface area contributed by atoms with E-state index in [9.17, 15) is 23.1 Å². The van der Waals surface area contributed by atoms with E-state index in [0.717, 1.165) is 17.7 Å². The molecule has 0 spiro atoms. The smallest absolute Gasteiger partial charge is 0.256 e. The molecule has 0 aliphatic carbocycles. The minimum atomic E-state index is -1.27. The van der Waals surface area contributed by atoms with Crippen molar-refractivity contribution in [3.05, 3.63) is 58.9 Å². The molecule has 2 aromatic rings. The number of hydrogen-bond acceptors (Lipinski definition) is 4. The Bertz CT molecular complexity index is 999. The van der Waals surface area contributed by atoms with Gasteiger partial charge in [0.05, 0.1) is 30.0 Å². The number of halogens is 3. The fraction of sp³-hybridized carbons (Fsp3) is 0.458. The van der Waals surface area contributed by atoms with E-state index in [1.165, 1.54) is 17.0 Å². The van der Waals surface area contributed by atoms with Crippen LogP contribution in [0, 0.1) is 22.9 Å². The van der Waals surface area contributed by atoms with E-state index in [-0.39, 0.29) is 29.8 Å². The highest BCUT2D eigenvalue weighted by Gasteiger charge is 2.44. The van der Waals surface area contributed by atoms with Crippen LogP contribution in [0.2, 0.25) is 0 Å². The molecule has 2 aromatic carbocycles. The normalized spacial score (nSPS) is 15.4. The van der Waals surface area contributed by atoms with E-state index >= 15 is 0 Å². The lowest BCUT2D eigenvalue weighted by Crippen LogP contribution is -2.67. The highest BCUT2D eigenvalue weighted by atomic mass is 19.2. The maximum absolute atomic E-state index is 14.6. The van der Waals surface area contributed by atoms with Gasteiger partial charge in [0, 0.05) is 13.1 Å². The first-order valence-corrected chi connectivity index (χ1v) is 10.7. The molecule has 3 rings (SSSR count). The first-order valence-electron chi connectivity index (χ1n) is 10.7. The molecule has 0 unspecified atom stereocenters. The van der Waals surface area contributed by atoms with Crippen LogP contribution in [0.5, 0.6) is 0 Å². The SMILES string of the molecule is CCc1ccc(Nc2c(C(=O)N3CC(O)(CNCC(C)(C)C)C3)ccc(F)c2F)c(F)c1. The largest absolute Gasteiger partial charge is 0.385 e. The van der Waals surface area contributed by atoms with Gasteiger partial charge in [-0.1, -0.05) is 33.8 Å². The molecular formula is C24H30F3N3O2. The summed E-state index contributed by atoms with van der Waals surface area (Å²) in [6.45, 7) is 9.19. The average Bonchev–Trinajstić information content (AvgIpc) is 2.69. The molecule has 0 saturated carbocycles. The van der Waals surface area contributed by atoms with Crippen LogP contribution in [0.15, 0.2) is 30.3 Å². The van der Waals surface area contributed by atoms with Gasteiger partial charge in [-0.25, -0.2) is 13.2 Å². The summed E-state index contributed by atoms with van der Waals surface area (Å²) in [5.41, 5.74) is -0.912. The maximum atomic E-state index is 14.6. The third kappa shape index (κ3) is 5.42. The third-order valence-corrected chi connectivity index (χ3v) is 5.39. The van der Waals surface area contributed by atoms with Gasteiger partial charge in [-0.05, 0) is 41.7 Å². The Labute approximate surface area is 186 Å². The van der Waals surface area contributed by atoms with Crippen LogP contribution < -0.4 is 10.6 Å². The number of nitrogens with one attached hydrogen (secondary N) is 2. The van der Waals surface area contributed by atoms with Gasteiger partial charge in [0.2, 0.25) is 0 Å². The van der Waals surface area contributed by atoms with E-state index in [1.807, 2.05) is 6.92 Å². The molecule has 1 saturated heterocycles. The molecule has 0 radical (unpaired) electrons. The maximum Gasteiger partial charge on any atom is 0.256 e. The van der Waals surface area contributed by atoms with Crippen LogP contribution in [0.4, 0.5) is 24.5 Å².